The lowest BCUT2D eigenvalue weighted by Crippen LogP contribution is -2.64. The van der Waals surface area contributed by atoms with Crippen LogP contribution in [0.4, 0.5) is 4.39 Å². The first-order chi connectivity index (χ1) is 19.5. The van der Waals surface area contributed by atoms with Crippen molar-refractivity contribution in [2.45, 2.75) is 180 Å². The highest BCUT2D eigenvalue weighted by molar-refractivity contribution is 6.75. The van der Waals surface area contributed by atoms with Gasteiger partial charge in [-0.2, -0.15) is 0 Å². The summed E-state index contributed by atoms with van der Waals surface area (Å²) in [5.74, 6) is 0.274. The zero-order valence-corrected chi connectivity index (χ0v) is 33.0. The van der Waals surface area contributed by atoms with Crippen molar-refractivity contribution in [2.24, 2.45) is 0 Å². The molecule has 1 heterocycles. The molecule has 0 N–H and O–H groups in total. The maximum Gasteiger partial charge on any atom is 0.193 e. The molecule has 0 spiro atoms. The zero-order valence-electron chi connectivity index (χ0n) is 29.0. The standard InChI is InChI=1S/C31H67FO5Si4/c1-13-38(14-2,15-3)33-26-28-30(36-40(19-7,20-8)21-9)31(37-41(22-10,23-11)24-12)29(27(25-32)34-28)35-39(16-4,17-5)18-6/h25,28-31H,13-24,26H2,1-12H3/b27-25-/t28-,29+,30-,31-/m1/s1. The molecule has 0 aliphatic carbocycles. The van der Waals surface area contributed by atoms with Gasteiger partial charge < -0.3 is 22.4 Å². The molecule has 1 saturated heterocycles. The van der Waals surface area contributed by atoms with E-state index in [0.29, 0.717) is 12.9 Å². The molecule has 5 nitrogen and oxygen atoms in total. The largest absolute Gasteiger partial charge is 0.484 e. The first-order valence-corrected chi connectivity index (χ1v) is 27.3. The Labute approximate surface area is 258 Å². The van der Waals surface area contributed by atoms with Crippen LogP contribution in [-0.4, -0.2) is 64.3 Å². The van der Waals surface area contributed by atoms with E-state index in [1.54, 1.807) is 0 Å². The number of hydrogen-bond acceptors (Lipinski definition) is 5. The van der Waals surface area contributed by atoms with Crippen molar-refractivity contribution in [3.8, 4) is 0 Å². The Kier molecular flexibility index (Phi) is 17.4. The van der Waals surface area contributed by atoms with Crippen molar-refractivity contribution in [3.05, 3.63) is 12.1 Å². The second-order valence-electron chi connectivity index (χ2n) is 12.2. The van der Waals surface area contributed by atoms with Gasteiger partial charge in [-0.25, -0.2) is 4.39 Å². The Morgan fingerprint density at radius 3 is 1.22 bits per heavy atom. The van der Waals surface area contributed by atoms with Gasteiger partial charge in [0.2, 0.25) is 0 Å². The Bertz CT molecular complexity index is 722. The van der Waals surface area contributed by atoms with E-state index >= 15 is 0 Å². The Morgan fingerprint density at radius 1 is 0.537 bits per heavy atom. The normalized spacial score (nSPS) is 23.7. The first kappa shape index (κ1) is 39.2. The van der Waals surface area contributed by atoms with Crippen LogP contribution in [0.5, 0.6) is 0 Å². The molecule has 0 unspecified atom stereocenters. The fourth-order valence-electron chi connectivity index (χ4n) is 6.63. The molecule has 41 heavy (non-hydrogen) atoms. The maximum atomic E-state index is 14.9. The lowest BCUT2D eigenvalue weighted by atomic mass is 9.99. The van der Waals surface area contributed by atoms with Gasteiger partial charge in [-0.15, -0.1) is 0 Å². The van der Waals surface area contributed by atoms with Crippen LogP contribution in [-0.2, 0) is 22.4 Å². The minimum Gasteiger partial charge on any atom is -0.484 e. The van der Waals surface area contributed by atoms with Gasteiger partial charge in [0.05, 0.1) is 6.61 Å². The van der Waals surface area contributed by atoms with Gasteiger partial charge >= 0.3 is 0 Å². The van der Waals surface area contributed by atoms with Crippen LogP contribution in [0.1, 0.15) is 83.1 Å². The summed E-state index contributed by atoms with van der Waals surface area (Å²) in [5.41, 5.74) is 0. The van der Waals surface area contributed by atoms with E-state index in [1.807, 2.05) is 0 Å². The summed E-state index contributed by atoms with van der Waals surface area (Å²) in [6.45, 7) is 27.4. The lowest BCUT2D eigenvalue weighted by molar-refractivity contribution is -0.149. The van der Waals surface area contributed by atoms with Gasteiger partial charge in [-0.05, 0) is 72.5 Å². The van der Waals surface area contributed by atoms with Crippen LogP contribution in [0.15, 0.2) is 12.1 Å². The summed E-state index contributed by atoms with van der Waals surface area (Å²) in [5, 5.41) is 0. The molecule has 1 aliphatic heterocycles. The molecule has 244 valence electrons. The predicted molar refractivity (Wildman–Crippen MR) is 183 cm³/mol. The quantitative estimate of drug-likeness (QED) is 0.116. The van der Waals surface area contributed by atoms with Gasteiger partial charge in [0, 0.05) is 0 Å². The number of halogens is 1. The SMILES string of the molecule is CC[Si](CC)(CC)OC[C@H]1O/C(=C\F)[C@H](O[Si](CC)(CC)CC)[C@@H](O[Si](CC)(CC)CC)[C@@H]1O[Si](CC)(CC)CC. The predicted octanol–water partition coefficient (Wildman–Crippen LogP) is 10.4. The van der Waals surface area contributed by atoms with Crippen LogP contribution < -0.4 is 0 Å². The molecule has 1 rings (SSSR count). The Hall–Kier alpha value is 0.178. The van der Waals surface area contributed by atoms with E-state index in [0.717, 1.165) is 72.5 Å². The minimum absolute atomic E-state index is 0.274. The molecule has 0 saturated carbocycles. The highest BCUT2D eigenvalue weighted by atomic mass is 28.4. The van der Waals surface area contributed by atoms with Gasteiger partial charge in [0.15, 0.2) is 39.0 Å². The van der Waals surface area contributed by atoms with Crippen molar-refractivity contribution in [3.63, 3.8) is 0 Å². The van der Waals surface area contributed by atoms with Crippen molar-refractivity contribution in [2.75, 3.05) is 6.61 Å². The topological polar surface area (TPSA) is 46.2 Å². The summed E-state index contributed by atoms with van der Waals surface area (Å²) in [6.07, 6.45) is -1.12. The molecule has 0 aromatic rings. The number of ether oxygens (including phenoxy) is 1. The lowest BCUT2D eigenvalue weighted by Gasteiger charge is -2.51. The van der Waals surface area contributed by atoms with Gasteiger partial charge in [0.25, 0.3) is 0 Å². The fourth-order valence-corrected chi connectivity index (χ4v) is 17.7. The van der Waals surface area contributed by atoms with Gasteiger partial charge in [-0.1, -0.05) is 83.1 Å². The summed E-state index contributed by atoms with van der Waals surface area (Å²) in [6, 6.07) is 12.2. The average molecular weight is 651 g/mol. The Morgan fingerprint density at radius 2 is 0.878 bits per heavy atom. The van der Waals surface area contributed by atoms with E-state index in [-0.39, 0.29) is 11.9 Å². The molecule has 1 aliphatic rings. The van der Waals surface area contributed by atoms with Crippen molar-refractivity contribution < 1.29 is 26.8 Å². The van der Waals surface area contributed by atoms with Crippen LogP contribution in [0.25, 0.3) is 0 Å². The fraction of sp³-hybridized carbons (Fsp3) is 0.935. The molecule has 0 amide bonds. The molecule has 4 atom stereocenters. The maximum absolute atomic E-state index is 14.9. The van der Waals surface area contributed by atoms with Crippen molar-refractivity contribution in [1.82, 2.24) is 0 Å². The molecular formula is C31H67FO5Si4. The molecule has 0 aromatic carbocycles. The molecule has 0 bridgehead atoms. The summed E-state index contributed by atoms with van der Waals surface area (Å²) in [4.78, 5) is 0. The van der Waals surface area contributed by atoms with E-state index in [9.17, 15) is 4.39 Å². The third-order valence-corrected chi connectivity index (χ3v) is 29.6. The van der Waals surface area contributed by atoms with Crippen LogP contribution in [0.2, 0.25) is 72.5 Å². The van der Waals surface area contributed by atoms with Crippen molar-refractivity contribution >= 4 is 33.3 Å². The highest BCUT2D eigenvalue weighted by Gasteiger charge is 2.53. The molecule has 1 fully saturated rings. The monoisotopic (exact) mass is 650 g/mol. The summed E-state index contributed by atoms with van der Waals surface area (Å²) >= 11 is 0. The summed E-state index contributed by atoms with van der Waals surface area (Å²) in [7, 11) is -8.24. The second-order valence-corrected chi connectivity index (χ2v) is 31.1. The molecular weight excluding hydrogens is 584 g/mol. The van der Waals surface area contributed by atoms with Crippen molar-refractivity contribution in [1.29, 1.82) is 0 Å². The van der Waals surface area contributed by atoms with Gasteiger partial charge in [0.1, 0.15) is 30.7 Å². The van der Waals surface area contributed by atoms with Gasteiger partial charge in [-0.3, -0.25) is 0 Å². The van der Waals surface area contributed by atoms with E-state index in [2.05, 4.69) is 83.1 Å². The van der Waals surface area contributed by atoms with Crippen LogP contribution >= 0.6 is 0 Å². The van der Waals surface area contributed by atoms with E-state index in [4.69, 9.17) is 22.4 Å². The highest BCUT2D eigenvalue weighted by Crippen LogP contribution is 2.41. The van der Waals surface area contributed by atoms with E-state index in [1.165, 1.54) is 0 Å². The summed E-state index contributed by atoms with van der Waals surface area (Å²) < 4.78 is 50.2. The third kappa shape index (κ3) is 9.34. The molecule has 0 radical (unpaired) electrons. The zero-order chi connectivity index (χ0) is 31.3. The average Bonchev–Trinajstić information content (AvgIpc) is 3.03. The Balaban J connectivity index is 3.85. The molecule has 0 aromatic heterocycles. The first-order valence-electron chi connectivity index (χ1n) is 17.2. The minimum atomic E-state index is -2.13. The van der Waals surface area contributed by atoms with E-state index < -0.39 is 51.6 Å². The number of hydrogen-bond donors (Lipinski definition) is 0. The molecule has 10 heteroatoms. The smallest absolute Gasteiger partial charge is 0.193 e. The van der Waals surface area contributed by atoms with Crippen LogP contribution in [0.3, 0.4) is 0 Å². The van der Waals surface area contributed by atoms with Crippen LogP contribution in [0, 0.1) is 0 Å². The number of rotatable bonds is 21. The second kappa shape index (κ2) is 18.2. The third-order valence-electron chi connectivity index (χ3n) is 11.1.